The average molecular weight is 368 g/mol. The zero-order valence-corrected chi connectivity index (χ0v) is 15.0. The van der Waals surface area contributed by atoms with E-state index in [9.17, 15) is 0 Å². The first kappa shape index (κ1) is 16.4. The summed E-state index contributed by atoms with van der Waals surface area (Å²) in [6, 6.07) is 11.7. The van der Waals surface area contributed by atoms with Gasteiger partial charge in [-0.05, 0) is 25.0 Å². The molecule has 0 amide bonds. The van der Waals surface area contributed by atoms with Crippen LogP contribution < -0.4 is 10.6 Å². The molecule has 7 nitrogen and oxygen atoms in total. The molecule has 3 aromatic heterocycles. The van der Waals surface area contributed by atoms with Gasteiger partial charge in [-0.15, -0.1) is 0 Å². The van der Waals surface area contributed by atoms with Crippen molar-refractivity contribution in [1.29, 1.82) is 0 Å². The van der Waals surface area contributed by atoms with Crippen LogP contribution in [0.3, 0.4) is 0 Å². The number of nitrogens with zero attached hydrogens (tertiary/aromatic N) is 4. The zero-order valence-electron chi connectivity index (χ0n) is 14.2. The van der Waals surface area contributed by atoms with Gasteiger partial charge in [-0.1, -0.05) is 29.8 Å². The molecule has 0 saturated carbocycles. The van der Waals surface area contributed by atoms with Gasteiger partial charge in [0.15, 0.2) is 5.82 Å². The molecular formula is C18H18ClN7. The van der Waals surface area contributed by atoms with Crippen molar-refractivity contribution in [3.8, 4) is 0 Å². The van der Waals surface area contributed by atoms with Gasteiger partial charge in [0.1, 0.15) is 11.5 Å². The molecule has 0 bridgehead atoms. The zero-order chi connectivity index (χ0) is 17.9. The van der Waals surface area contributed by atoms with E-state index in [1.165, 1.54) is 0 Å². The molecule has 0 aliphatic heterocycles. The number of H-pyrrole nitrogens is 1. The molecule has 8 heteroatoms. The molecular weight excluding hydrogens is 350 g/mol. The fourth-order valence-electron chi connectivity index (χ4n) is 2.73. The number of anilines is 3. The third-order valence-electron chi connectivity index (χ3n) is 3.99. The largest absolute Gasteiger partial charge is 0.370 e. The minimum atomic E-state index is 0.645. The second-order valence-electron chi connectivity index (χ2n) is 5.95. The van der Waals surface area contributed by atoms with Crippen LogP contribution in [0.15, 0.2) is 48.8 Å². The van der Waals surface area contributed by atoms with E-state index in [2.05, 4.69) is 30.8 Å². The van der Waals surface area contributed by atoms with Crippen molar-refractivity contribution in [1.82, 2.24) is 24.6 Å². The third-order valence-corrected chi connectivity index (χ3v) is 4.36. The maximum absolute atomic E-state index is 6.21. The number of aromatic nitrogens is 5. The number of aromatic amines is 1. The highest BCUT2D eigenvalue weighted by atomic mass is 35.5. The number of benzene rings is 1. The van der Waals surface area contributed by atoms with Gasteiger partial charge in [-0.2, -0.15) is 10.1 Å². The number of aryl methyl sites for hydroxylation is 1. The second kappa shape index (κ2) is 7.05. The number of fused-ring (bicyclic) bond motifs is 1. The molecule has 0 saturated heterocycles. The molecule has 0 unspecified atom stereocenters. The van der Waals surface area contributed by atoms with Crippen LogP contribution in [0.4, 0.5) is 17.6 Å². The van der Waals surface area contributed by atoms with Crippen LogP contribution in [0.5, 0.6) is 0 Å². The standard InChI is InChI=1S/C18H18ClN7/c1-12-10-16(25-24-12)23-18-22-15(11-17-21-8-9-26(17)18)20-7-6-13-4-2-3-5-14(13)19/h2-5,8-11,20H,6-7H2,1H3,(H2,22,23,24,25). The predicted octanol–water partition coefficient (Wildman–Crippen LogP) is 3.81. The Hall–Kier alpha value is -3.06. The van der Waals surface area contributed by atoms with Gasteiger partial charge >= 0.3 is 0 Å². The van der Waals surface area contributed by atoms with Crippen LogP contribution >= 0.6 is 11.6 Å². The van der Waals surface area contributed by atoms with Crippen molar-refractivity contribution in [2.75, 3.05) is 17.2 Å². The van der Waals surface area contributed by atoms with Crippen LogP contribution in [-0.2, 0) is 6.42 Å². The fraction of sp³-hybridized carbons (Fsp3) is 0.167. The van der Waals surface area contributed by atoms with E-state index in [4.69, 9.17) is 11.6 Å². The summed E-state index contributed by atoms with van der Waals surface area (Å²) < 4.78 is 1.88. The molecule has 1 aromatic carbocycles. The lowest BCUT2D eigenvalue weighted by atomic mass is 10.1. The fourth-order valence-corrected chi connectivity index (χ4v) is 2.96. The Bertz CT molecular complexity index is 1040. The van der Waals surface area contributed by atoms with Crippen LogP contribution in [0.25, 0.3) is 5.65 Å². The minimum Gasteiger partial charge on any atom is -0.370 e. The number of nitrogens with one attached hydrogen (secondary N) is 3. The van der Waals surface area contributed by atoms with Gasteiger partial charge in [0, 0.05) is 41.8 Å². The molecule has 0 aliphatic carbocycles. The number of halogens is 1. The Balaban J connectivity index is 1.53. The summed E-state index contributed by atoms with van der Waals surface area (Å²) in [5.41, 5.74) is 2.88. The monoisotopic (exact) mass is 367 g/mol. The highest BCUT2D eigenvalue weighted by Crippen LogP contribution is 2.19. The van der Waals surface area contributed by atoms with E-state index in [1.54, 1.807) is 6.20 Å². The third kappa shape index (κ3) is 3.48. The van der Waals surface area contributed by atoms with Crippen molar-refractivity contribution in [2.45, 2.75) is 13.3 Å². The van der Waals surface area contributed by atoms with Crippen LogP contribution in [0.2, 0.25) is 5.02 Å². The molecule has 26 heavy (non-hydrogen) atoms. The van der Waals surface area contributed by atoms with Crippen molar-refractivity contribution in [2.24, 2.45) is 0 Å². The van der Waals surface area contributed by atoms with Gasteiger partial charge in [-0.25, -0.2) is 4.98 Å². The van der Waals surface area contributed by atoms with Gasteiger partial charge in [0.25, 0.3) is 0 Å². The highest BCUT2D eigenvalue weighted by Gasteiger charge is 2.08. The lowest BCUT2D eigenvalue weighted by molar-refractivity contribution is 0.992. The molecule has 3 heterocycles. The quantitative estimate of drug-likeness (QED) is 0.482. The Kier molecular flexibility index (Phi) is 4.45. The number of imidazole rings is 1. The minimum absolute atomic E-state index is 0.645. The van der Waals surface area contributed by atoms with E-state index in [0.717, 1.165) is 34.2 Å². The Labute approximate surface area is 155 Å². The molecule has 0 spiro atoms. The van der Waals surface area contributed by atoms with Gasteiger partial charge in [0.05, 0.1) is 0 Å². The van der Waals surface area contributed by atoms with E-state index in [-0.39, 0.29) is 0 Å². The topological polar surface area (TPSA) is 82.9 Å². The Morgan fingerprint density at radius 1 is 1.19 bits per heavy atom. The lowest BCUT2D eigenvalue weighted by Gasteiger charge is -2.11. The molecule has 3 N–H and O–H groups in total. The summed E-state index contributed by atoms with van der Waals surface area (Å²) in [5, 5.41) is 14.5. The molecule has 4 rings (SSSR count). The number of hydrogen-bond acceptors (Lipinski definition) is 5. The molecule has 132 valence electrons. The summed E-state index contributed by atoms with van der Waals surface area (Å²) in [6.45, 7) is 2.67. The lowest BCUT2D eigenvalue weighted by Crippen LogP contribution is -2.09. The summed E-state index contributed by atoms with van der Waals surface area (Å²) in [6.07, 6.45) is 4.41. The van der Waals surface area contributed by atoms with E-state index < -0.39 is 0 Å². The highest BCUT2D eigenvalue weighted by molar-refractivity contribution is 6.31. The van der Waals surface area contributed by atoms with Gasteiger partial charge in [-0.3, -0.25) is 9.50 Å². The van der Waals surface area contributed by atoms with E-state index in [1.807, 2.05) is 53.9 Å². The summed E-state index contributed by atoms with van der Waals surface area (Å²) in [5.74, 6) is 2.09. The average Bonchev–Trinajstić information content (AvgIpc) is 3.25. The van der Waals surface area contributed by atoms with Crippen molar-refractivity contribution in [3.05, 3.63) is 65.1 Å². The van der Waals surface area contributed by atoms with Gasteiger partial charge in [0.2, 0.25) is 5.95 Å². The SMILES string of the molecule is Cc1cc(Nc2nc(NCCc3ccccc3Cl)cc3nccn23)n[nH]1. The summed E-state index contributed by atoms with van der Waals surface area (Å²) in [7, 11) is 0. The number of hydrogen-bond donors (Lipinski definition) is 3. The Morgan fingerprint density at radius 2 is 2.08 bits per heavy atom. The maximum atomic E-state index is 6.21. The normalized spacial score (nSPS) is 11.0. The van der Waals surface area contributed by atoms with E-state index >= 15 is 0 Å². The molecule has 0 aliphatic rings. The van der Waals surface area contributed by atoms with Crippen molar-refractivity contribution >= 4 is 34.8 Å². The summed E-state index contributed by atoms with van der Waals surface area (Å²) in [4.78, 5) is 9.01. The molecule has 0 fully saturated rings. The summed E-state index contributed by atoms with van der Waals surface area (Å²) >= 11 is 6.21. The molecule has 0 radical (unpaired) electrons. The van der Waals surface area contributed by atoms with Gasteiger partial charge < -0.3 is 10.6 Å². The number of rotatable bonds is 6. The molecule has 4 aromatic rings. The molecule has 0 atom stereocenters. The smallest absolute Gasteiger partial charge is 0.216 e. The van der Waals surface area contributed by atoms with E-state index in [0.29, 0.717) is 18.3 Å². The maximum Gasteiger partial charge on any atom is 0.216 e. The van der Waals surface area contributed by atoms with Crippen LogP contribution in [0.1, 0.15) is 11.3 Å². The first-order valence-electron chi connectivity index (χ1n) is 8.29. The first-order chi connectivity index (χ1) is 12.7. The second-order valence-corrected chi connectivity index (χ2v) is 6.36. The van der Waals surface area contributed by atoms with Crippen molar-refractivity contribution in [3.63, 3.8) is 0 Å². The Morgan fingerprint density at radius 3 is 2.88 bits per heavy atom. The van der Waals surface area contributed by atoms with Crippen LogP contribution in [-0.4, -0.2) is 31.1 Å². The first-order valence-corrected chi connectivity index (χ1v) is 8.67. The predicted molar refractivity (Wildman–Crippen MR) is 103 cm³/mol. The van der Waals surface area contributed by atoms with Crippen molar-refractivity contribution < 1.29 is 0 Å². The van der Waals surface area contributed by atoms with Crippen LogP contribution in [0, 0.1) is 6.92 Å².